The molecule has 4 N–H and O–H groups in total. The Morgan fingerprint density at radius 2 is 1.58 bits per heavy atom. The lowest BCUT2D eigenvalue weighted by atomic mass is 9.71. The third-order valence-electron chi connectivity index (χ3n) is 13.8. The summed E-state index contributed by atoms with van der Waals surface area (Å²) in [5.41, 5.74) is 4.33. The summed E-state index contributed by atoms with van der Waals surface area (Å²) in [6.07, 6.45) is 6.22. The molecule has 2 aromatic heterocycles. The minimum absolute atomic E-state index is 0.0124. The number of imide groups is 1. The maximum atomic E-state index is 15.2. The van der Waals surface area contributed by atoms with Gasteiger partial charge in [-0.1, -0.05) is 30.3 Å². The van der Waals surface area contributed by atoms with Crippen molar-refractivity contribution in [2.45, 2.75) is 64.9 Å². The van der Waals surface area contributed by atoms with Crippen LogP contribution >= 0.6 is 0 Å². The Morgan fingerprint density at radius 3 is 2.28 bits per heavy atom. The standard InChI is InChI=1S/C51H51F3N8O5/c1-30-37(26-35(52)27-41(30)58-47(64)36-10-9-34(25-40(36)54)50(2,3)67)45-38-28-42(57-46(38)56-29-55-45)32-6-4-31(5-7-32)12-18-60-20-14-51(15-21-60)16-22-61(23-17-51)48(65)33-8-11-39(53)43(24-33)62-19-13-44(63)59-49(62)66/h4-11,24-29,67H,12-23H2,1-3H3,(H,58,64)(H,55,56,57)(H,59,63,66). The van der Waals surface area contributed by atoms with Crippen LogP contribution in [0.15, 0.2) is 85.2 Å². The van der Waals surface area contributed by atoms with Gasteiger partial charge >= 0.3 is 6.03 Å². The Hall–Kier alpha value is -6.91. The van der Waals surface area contributed by atoms with E-state index in [-0.39, 0.29) is 41.2 Å². The SMILES string of the molecule is Cc1c(NC(=O)c2ccc(C(C)(C)O)cc2F)cc(F)cc1-c1ncnc2[nH]c(-c3ccc(CCN4CCC5(CC4)CCN(C(=O)c4ccc(F)c(N6CCC(=O)NC6=O)c4)CC5)cc3)cc12. The summed E-state index contributed by atoms with van der Waals surface area (Å²) in [7, 11) is 0. The molecule has 16 heteroatoms. The molecule has 0 saturated carbocycles. The normalized spacial score (nSPS) is 16.7. The number of H-pyrrole nitrogens is 1. The summed E-state index contributed by atoms with van der Waals surface area (Å²) in [5, 5.41) is 15.8. The first kappa shape index (κ1) is 45.3. The number of hydrogen-bond acceptors (Lipinski definition) is 8. The number of benzene rings is 4. The van der Waals surface area contributed by atoms with E-state index in [9.17, 15) is 33.1 Å². The molecule has 0 bridgehead atoms. The molecule has 0 atom stereocenters. The molecule has 5 heterocycles. The van der Waals surface area contributed by atoms with Gasteiger partial charge in [0, 0.05) is 60.5 Å². The number of piperidine rings is 2. The van der Waals surface area contributed by atoms with Crippen LogP contribution in [0.3, 0.4) is 0 Å². The van der Waals surface area contributed by atoms with Crippen LogP contribution < -0.4 is 15.5 Å². The zero-order valence-corrected chi connectivity index (χ0v) is 37.5. The zero-order chi connectivity index (χ0) is 47.2. The van der Waals surface area contributed by atoms with Crippen molar-refractivity contribution in [3.05, 3.63) is 130 Å². The predicted molar refractivity (Wildman–Crippen MR) is 248 cm³/mol. The first-order valence-corrected chi connectivity index (χ1v) is 22.5. The lowest BCUT2D eigenvalue weighted by Gasteiger charge is -2.47. The quantitative estimate of drug-likeness (QED) is 0.106. The molecule has 13 nitrogen and oxygen atoms in total. The lowest BCUT2D eigenvalue weighted by Crippen LogP contribution is -2.50. The average Bonchev–Trinajstić information content (AvgIpc) is 3.75. The summed E-state index contributed by atoms with van der Waals surface area (Å²) in [4.78, 5) is 68.5. The fourth-order valence-electron chi connectivity index (χ4n) is 9.54. The molecule has 0 aliphatic carbocycles. The zero-order valence-electron chi connectivity index (χ0n) is 37.5. The first-order chi connectivity index (χ1) is 32.0. The van der Waals surface area contributed by atoms with Gasteiger partial charge in [0.25, 0.3) is 11.8 Å². The van der Waals surface area contributed by atoms with E-state index in [1.54, 1.807) is 6.92 Å². The average molecular weight is 913 g/mol. The molecule has 3 saturated heterocycles. The van der Waals surface area contributed by atoms with Gasteiger partial charge in [0.05, 0.1) is 22.5 Å². The molecule has 346 valence electrons. The van der Waals surface area contributed by atoms with Crippen molar-refractivity contribution in [1.82, 2.24) is 30.1 Å². The molecule has 4 aromatic carbocycles. The number of likely N-dealkylation sites (tertiary alicyclic amines) is 2. The van der Waals surface area contributed by atoms with E-state index in [4.69, 9.17) is 0 Å². The minimum Gasteiger partial charge on any atom is -0.386 e. The molecule has 1 spiro atoms. The summed E-state index contributed by atoms with van der Waals surface area (Å²) in [6.45, 7) is 8.90. The van der Waals surface area contributed by atoms with Gasteiger partial charge in [-0.15, -0.1) is 0 Å². The van der Waals surface area contributed by atoms with E-state index in [1.165, 1.54) is 68.2 Å². The van der Waals surface area contributed by atoms with Crippen LogP contribution in [0, 0.1) is 29.8 Å². The molecule has 5 amide bonds. The smallest absolute Gasteiger partial charge is 0.328 e. The number of carbonyl (C=O) groups is 4. The van der Waals surface area contributed by atoms with Gasteiger partial charge in [-0.3, -0.25) is 24.6 Å². The summed E-state index contributed by atoms with van der Waals surface area (Å²) in [5.74, 6) is -3.42. The molecule has 3 aliphatic rings. The van der Waals surface area contributed by atoms with Crippen LogP contribution in [-0.4, -0.2) is 92.9 Å². The van der Waals surface area contributed by atoms with Gasteiger partial charge in [-0.2, -0.15) is 0 Å². The number of fused-ring (bicyclic) bond motifs is 1. The molecule has 0 radical (unpaired) electrons. The molecular formula is C51H51F3N8O5. The highest BCUT2D eigenvalue weighted by Gasteiger charge is 2.39. The first-order valence-electron chi connectivity index (χ1n) is 22.5. The van der Waals surface area contributed by atoms with Gasteiger partial charge < -0.3 is 25.2 Å². The third-order valence-corrected chi connectivity index (χ3v) is 13.8. The van der Waals surface area contributed by atoms with Crippen LogP contribution in [0.5, 0.6) is 0 Å². The Bertz CT molecular complexity index is 2910. The minimum atomic E-state index is -1.29. The largest absolute Gasteiger partial charge is 0.386 e. The second-order valence-corrected chi connectivity index (χ2v) is 18.5. The fraction of sp³-hybridized carbons (Fsp3) is 0.333. The lowest BCUT2D eigenvalue weighted by molar-refractivity contribution is -0.120. The van der Waals surface area contributed by atoms with E-state index in [0.29, 0.717) is 52.1 Å². The predicted octanol–water partition coefficient (Wildman–Crippen LogP) is 8.50. The molecule has 6 aromatic rings. The number of carbonyl (C=O) groups excluding carboxylic acids is 4. The molecular weight excluding hydrogens is 862 g/mol. The van der Waals surface area contributed by atoms with Gasteiger partial charge in [-0.25, -0.2) is 27.9 Å². The number of urea groups is 1. The van der Waals surface area contributed by atoms with Crippen molar-refractivity contribution >= 4 is 46.2 Å². The van der Waals surface area contributed by atoms with Crippen LogP contribution in [0.25, 0.3) is 33.5 Å². The number of aromatic nitrogens is 3. The summed E-state index contributed by atoms with van der Waals surface area (Å²) >= 11 is 0. The topological polar surface area (TPSA) is 164 Å². The Balaban J connectivity index is 0.794. The van der Waals surface area contributed by atoms with E-state index in [1.807, 2.05) is 11.0 Å². The maximum Gasteiger partial charge on any atom is 0.328 e. The molecule has 67 heavy (non-hydrogen) atoms. The summed E-state index contributed by atoms with van der Waals surface area (Å²) in [6, 6.07) is 20.0. The molecule has 0 unspecified atom stereocenters. The van der Waals surface area contributed by atoms with Crippen LogP contribution in [0.4, 0.5) is 29.3 Å². The Kier molecular flexibility index (Phi) is 12.2. The number of nitrogens with zero attached hydrogens (tertiary/aromatic N) is 5. The van der Waals surface area contributed by atoms with Crippen LogP contribution in [0.2, 0.25) is 0 Å². The van der Waals surface area contributed by atoms with Crippen molar-refractivity contribution in [3.63, 3.8) is 0 Å². The highest BCUT2D eigenvalue weighted by molar-refractivity contribution is 6.07. The van der Waals surface area contributed by atoms with Crippen molar-refractivity contribution in [2.24, 2.45) is 5.41 Å². The third kappa shape index (κ3) is 9.41. The Morgan fingerprint density at radius 1 is 0.851 bits per heavy atom. The number of amides is 5. The maximum absolute atomic E-state index is 15.2. The van der Waals surface area contributed by atoms with Crippen molar-refractivity contribution < 1.29 is 37.5 Å². The van der Waals surface area contributed by atoms with Crippen LogP contribution in [-0.2, 0) is 16.8 Å². The monoisotopic (exact) mass is 912 g/mol. The number of aromatic amines is 1. The highest BCUT2D eigenvalue weighted by atomic mass is 19.1. The number of nitrogens with one attached hydrogen (secondary N) is 3. The Labute approximate surface area is 385 Å². The molecule has 9 rings (SSSR count). The molecule has 3 fully saturated rings. The number of halogens is 3. The number of rotatable bonds is 10. The van der Waals surface area contributed by atoms with Gasteiger partial charge in [-0.05, 0) is 142 Å². The number of anilines is 2. The number of aliphatic hydroxyl groups is 1. The summed E-state index contributed by atoms with van der Waals surface area (Å²) < 4.78 is 45.0. The van der Waals surface area contributed by atoms with Gasteiger partial charge in [0.2, 0.25) is 5.91 Å². The van der Waals surface area contributed by atoms with E-state index >= 15 is 4.39 Å². The second kappa shape index (κ2) is 18.1. The van der Waals surface area contributed by atoms with E-state index in [2.05, 4.69) is 54.8 Å². The van der Waals surface area contributed by atoms with E-state index < -0.39 is 40.9 Å². The molecule has 3 aliphatic heterocycles. The highest BCUT2D eigenvalue weighted by Crippen LogP contribution is 2.42. The van der Waals surface area contributed by atoms with Gasteiger partial charge in [0.1, 0.15) is 29.4 Å². The fourth-order valence-corrected chi connectivity index (χ4v) is 9.54. The van der Waals surface area contributed by atoms with Crippen molar-refractivity contribution in [2.75, 3.05) is 49.5 Å². The number of hydrogen-bond donors (Lipinski definition) is 4. The second-order valence-electron chi connectivity index (χ2n) is 18.5. The van der Waals surface area contributed by atoms with Gasteiger partial charge in [0.15, 0.2) is 0 Å². The van der Waals surface area contributed by atoms with Crippen molar-refractivity contribution in [1.29, 1.82) is 0 Å². The van der Waals surface area contributed by atoms with E-state index in [0.717, 1.165) is 74.0 Å². The van der Waals surface area contributed by atoms with Crippen LogP contribution in [0.1, 0.15) is 83.4 Å². The van der Waals surface area contributed by atoms with Crippen molar-refractivity contribution in [3.8, 4) is 22.5 Å².